The molecule has 1 aromatic heterocycles. The third-order valence-corrected chi connectivity index (χ3v) is 7.80. The van der Waals surface area contributed by atoms with Crippen molar-refractivity contribution in [1.29, 1.82) is 0 Å². The molecule has 2 aromatic rings. The number of aliphatic hydroxyl groups is 1. The van der Waals surface area contributed by atoms with Gasteiger partial charge in [0, 0.05) is 25.7 Å². The second-order valence-electron chi connectivity index (χ2n) is 12.0. The fraction of sp³-hybridized carbons (Fsp3) is 0.606. The predicted molar refractivity (Wildman–Crippen MR) is 158 cm³/mol. The van der Waals surface area contributed by atoms with Crippen LogP contribution in [0.3, 0.4) is 0 Å². The summed E-state index contributed by atoms with van der Waals surface area (Å²) < 4.78 is 17.0. The monoisotopic (exact) mass is 569 g/mol. The molecular formula is C33H47NO7. The van der Waals surface area contributed by atoms with Crippen LogP contribution >= 0.6 is 0 Å². The molecule has 2 atom stereocenters. The standard InChI is InChI=1S/C33H47NO7/c1-22(2)30-33(4,5)41-32(38)34(30)31(37)29(39-6)28(36)27-21-25(24-17-15-16-23(3)20-24)26(40-27)18-13-11-9-7-8-10-12-14-19-35/h15-17,20-22,29-30,35H,7-14,18-19H2,1-6H3. The smallest absolute Gasteiger partial charge is 0.417 e. The number of aliphatic hydroxyl groups excluding tert-OH is 1. The lowest BCUT2D eigenvalue weighted by atomic mass is 9.88. The molecule has 1 aliphatic heterocycles. The zero-order valence-electron chi connectivity index (χ0n) is 25.5. The Morgan fingerprint density at radius 3 is 2.24 bits per heavy atom. The second-order valence-corrected chi connectivity index (χ2v) is 12.0. The molecule has 0 aliphatic carbocycles. The number of Topliss-reactive ketones (excluding diaryl/α,β-unsaturated/α-hetero) is 1. The van der Waals surface area contributed by atoms with Gasteiger partial charge in [-0.1, -0.05) is 82.2 Å². The summed E-state index contributed by atoms with van der Waals surface area (Å²) in [6, 6.07) is 9.15. The van der Waals surface area contributed by atoms with Crippen LogP contribution in [0.2, 0.25) is 0 Å². The normalized spacial score (nSPS) is 17.2. The summed E-state index contributed by atoms with van der Waals surface area (Å²) in [5.74, 6) is -0.725. The Morgan fingerprint density at radius 2 is 1.66 bits per heavy atom. The highest BCUT2D eigenvalue weighted by Crippen LogP contribution is 2.36. The number of benzene rings is 1. The highest BCUT2D eigenvalue weighted by molar-refractivity contribution is 6.14. The van der Waals surface area contributed by atoms with Crippen molar-refractivity contribution < 1.29 is 33.4 Å². The predicted octanol–water partition coefficient (Wildman–Crippen LogP) is 6.89. The number of ether oxygens (including phenoxy) is 2. The first kappa shape index (κ1) is 32.5. The molecule has 1 aliphatic rings. The molecule has 2 unspecified atom stereocenters. The van der Waals surface area contributed by atoms with Gasteiger partial charge in [-0.3, -0.25) is 9.59 Å². The third kappa shape index (κ3) is 8.07. The van der Waals surface area contributed by atoms with Gasteiger partial charge in [0.05, 0.1) is 6.04 Å². The first-order valence-corrected chi connectivity index (χ1v) is 15.0. The molecule has 3 rings (SSSR count). The molecule has 8 heteroatoms. The molecule has 0 radical (unpaired) electrons. The average Bonchev–Trinajstić information content (AvgIpc) is 3.45. The van der Waals surface area contributed by atoms with Gasteiger partial charge in [0.15, 0.2) is 5.76 Å². The first-order chi connectivity index (χ1) is 19.5. The zero-order chi connectivity index (χ0) is 30.2. The van der Waals surface area contributed by atoms with Gasteiger partial charge in [0.25, 0.3) is 5.91 Å². The number of nitrogens with zero attached hydrogens (tertiary/aromatic N) is 1. The lowest BCUT2D eigenvalue weighted by Gasteiger charge is -2.31. The van der Waals surface area contributed by atoms with Crippen molar-refractivity contribution in [3.05, 3.63) is 47.4 Å². The quantitative estimate of drug-likeness (QED) is 0.133. The third-order valence-electron chi connectivity index (χ3n) is 7.80. The minimum absolute atomic E-state index is 0.0357. The van der Waals surface area contributed by atoms with Gasteiger partial charge in [-0.2, -0.15) is 0 Å². The highest BCUT2D eigenvalue weighted by atomic mass is 16.6. The van der Waals surface area contributed by atoms with E-state index >= 15 is 0 Å². The Balaban J connectivity index is 1.79. The summed E-state index contributed by atoms with van der Waals surface area (Å²) in [5, 5.41) is 8.91. The van der Waals surface area contributed by atoms with Crippen LogP contribution in [-0.4, -0.2) is 59.3 Å². The van der Waals surface area contributed by atoms with Crippen LogP contribution in [0.5, 0.6) is 0 Å². The van der Waals surface area contributed by atoms with Crippen molar-refractivity contribution in [3.8, 4) is 11.1 Å². The summed E-state index contributed by atoms with van der Waals surface area (Å²) in [7, 11) is 1.28. The van der Waals surface area contributed by atoms with Crippen LogP contribution in [0, 0.1) is 12.8 Å². The largest absolute Gasteiger partial charge is 0.457 e. The van der Waals surface area contributed by atoms with E-state index in [0.717, 1.165) is 66.5 Å². The van der Waals surface area contributed by atoms with Gasteiger partial charge in [0.2, 0.25) is 11.9 Å². The highest BCUT2D eigenvalue weighted by Gasteiger charge is 2.54. The lowest BCUT2D eigenvalue weighted by molar-refractivity contribution is -0.138. The van der Waals surface area contributed by atoms with E-state index in [1.807, 2.05) is 45.0 Å². The van der Waals surface area contributed by atoms with Crippen LogP contribution in [0.4, 0.5) is 4.79 Å². The molecule has 1 saturated heterocycles. The maximum atomic E-state index is 13.7. The number of carbonyl (C=O) groups excluding carboxylic acids is 3. The van der Waals surface area contributed by atoms with E-state index in [0.29, 0.717) is 12.2 Å². The number of methoxy groups -OCH3 is 1. The second kappa shape index (κ2) is 14.8. The molecule has 1 N–H and O–H groups in total. The van der Waals surface area contributed by atoms with Crippen LogP contribution in [0.15, 0.2) is 34.7 Å². The van der Waals surface area contributed by atoms with Gasteiger partial charge in [-0.25, -0.2) is 9.69 Å². The van der Waals surface area contributed by atoms with Crippen molar-refractivity contribution >= 4 is 17.8 Å². The first-order valence-electron chi connectivity index (χ1n) is 15.0. The van der Waals surface area contributed by atoms with Gasteiger partial charge in [0.1, 0.15) is 11.4 Å². The summed E-state index contributed by atoms with van der Waals surface area (Å²) >= 11 is 0. The van der Waals surface area contributed by atoms with E-state index in [2.05, 4.69) is 0 Å². The number of unbranched alkanes of at least 4 members (excludes halogenated alkanes) is 7. The summed E-state index contributed by atoms with van der Waals surface area (Å²) in [5.41, 5.74) is 1.96. The number of cyclic esters (lactones) is 1. The number of carbonyl (C=O) groups is 3. The Kier molecular flexibility index (Phi) is 11.7. The molecular weight excluding hydrogens is 522 g/mol. The van der Waals surface area contributed by atoms with Crippen molar-refractivity contribution in [1.82, 2.24) is 4.90 Å². The molecule has 226 valence electrons. The van der Waals surface area contributed by atoms with E-state index in [1.165, 1.54) is 13.5 Å². The fourth-order valence-corrected chi connectivity index (χ4v) is 5.91. The molecule has 41 heavy (non-hydrogen) atoms. The average molecular weight is 570 g/mol. The van der Waals surface area contributed by atoms with Gasteiger partial charge >= 0.3 is 6.09 Å². The molecule has 8 nitrogen and oxygen atoms in total. The van der Waals surface area contributed by atoms with Crippen molar-refractivity contribution in [2.75, 3.05) is 13.7 Å². The molecule has 0 spiro atoms. The van der Waals surface area contributed by atoms with Crippen LogP contribution < -0.4 is 0 Å². The van der Waals surface area contributed by atoms with Gasteiger partial charge < -0.3 is 19.0 Å². The Hall–Kier alpha value is -2.97. The Bertz CT molecular complexity index is 1180. The van der Waals surface area contributed by atoms with E-state index in [1.54, 1.807) is 19.9 Å². The molecule has 0 saturated carbocycles. The summed E-state index contributed by atoms with van der Waals surface area (Å²) in [4.78, 5) is 41.0. The van der Waals surface area contributed by atoms with E-state index in [-0.39, 0.29) is 18.3 Å². The zero-order valence-corrected chi connectivity index (χ0v) is 25.5. The summed E-state index contributed by atoms with van der Waals surface area (Å²) in [6.07, 6.45) is 6.83. The van der Waals surface area contributed by atoms with E-state index in [4.69, 9.17) is 19.0 Å². The van der Waals surface area contributed by atoms with Crippen LogP contribution in [-0.2, 0) is 20.7 Å². The lowest BCUT2D eigenvalue weighted by Crippen LogP contribution is -2.53. The van der Waals surface area contributed by atoms with E-state index in [9.17, 15) is 14.4 Å². The van der Waals surface area contributed by atoms with Crippen LogP contribution in [0.25, 0.3) is 11.1 Å². The number of hydrogen-bond acceptors (Lipinski definition) is 7. The molecule has 0 bridgehead atoms. The van der Waals surface area contributed by atoms with Crippen LogP contribution in [0.1, 0.15) is 101 Å². The fourth-order valence-electron chi connectivity index (χ4n) is 5.91. The van der Waals surface area contributed by atoms with Gasteiger partial charge in [-0.05, 0) is 51.2 Å². The van der Waals surface area contributed by atoms with Crippen molar-refractivity contribution in [3.63, 3.8) is 0 Å². The molecule has 2 amide bonds. The van der Waals surface area contributed by atoms with E-state index < -0.39 is 35.5 Å². The Morgan fingerprint density at radius 1 is 1.02 bits per heavy atom. The maximum absolute atomic E-state index is 13.7. The number of rotatable bonds is 16. The number of hydrogen-bond donors (Lipinski definition) is 1. The number of aryl methyl sites for hydroxylation is 2. The maximum Gasteiger partial charge on any atom is 0.417 e. The number of ketones is 1. The Labute approximate surface area is 244 Å². The van der Waals surface area contributed by atoms with Crippen molar-refractivity contribution in [2.24, 2.45) is 5.92 Å². The number of imide groups is 1. The molecule has 1 aromatic carbocycles. The van der Waals surface area contributed by atoms with Crippen molar-refractivity contribution in [2.45, 2.75) is 110 Å². The molecule has 1 fully saturated rings. The molecule has 2 heterocycles. The number of amides is 2. The van der Waals surface area contributed by atoms with Gasteiger partial charge in [-0.15, -0.1) is 0 Å². The SMILES string of the molecule is COC(C(=O)c1cc(-c2cccc(C)c2)c(CCCCCCCCCCO)o1)C(=O)N1C(=O)OC(C)(C)C1C(C)C. The summed E-state index contributed by atoms with van der Waals surface area (Å²) in [6.45, 7) is 9.60. The topological polar surface area (TPSA) is 106 Å². The number of furan rings is 1. The minimum atomic E-state index is -1.53. The minimum Gasteiger partial charge on any atom is -0.457 e.